The van der Waals surface area contributed by atoms with Gasteiger partial charge in [0.25, 0.3) is 0 Å². The number of carbonyl (C=O) groups is 1. The van der Waals surface area contributed by atoms with Gasteiger partial charge in [-0.15, -0.1) is 0 Å². The summed E-state index contributed by atoms with van der Waals surface area (Å²) in [6.45, 7) is 4.72. The summed E-state index contributed by atoms with van der Waals surface area (Å²) in [4.78, 5) is 20.7. The average molecular weight is 360 g/mol. The molecule has 1 saturated heterocycles. The minimum atomic E-state index is -0.881. The van der Waals surface area contributed by atoms with Crippen LogP contribution in [0.1, 0.15) is 18.5 Å². The number of nitrogens with one attached hydrogen (secondary N) is 1. The highest BCUT2D eigenvalue weighted by Gasteiger charge is 2.22. The SMILES string of the molecule is C[C@H](NCC(=O)N1CCN(c2ccccn2)CC1)c1ccc(F)c(F)c1. The fourth-order valence-corrected chi connectivity index (χ4v) is 2.98. The molecule has 0 spiro atoms. The number of hydrogen-bond acceptors (Lipinski definition) is 4. The number of piperazine rings is 1. The predicted molar refractivity (Wildman–Crippen MR) is 95.8 cm³/mol. The molecule has 0 radical (unpaired) electrons. The summed E-state index contributed by atoms with van der Waals surface area (Å²) in [6.07, 6.45) is 1.76. The van der Waals surface area contributed by atoms with Gasteiger partial charge in [-0.25, -0.2) is 13.8 Å². The van der Waals surface area contributed by atoms with E-state index in [4.69, 9.17) is 0 Å². The number of halogens is 2. The summed E-state index contributed by atoms with van der Waals surface area (Å²) in [5.41, 5.74) is 0.608. The molecule has 1 aromatic heterocycles. The lowest BCUT2D eigenvalue weighted by Crippen LogP contribution is -2.51. The quantitative estimate of drug-likeness (QED) is 0.889. The molecule has 1 N–H and O–H groups in total. The van der Waals surface area contributed by atoms with E-state index in [9.17, 15) is 13.6 Å². The highest BCUT2D eigenvalue weighted by molar-refractivity contribution is 5.78. The van der Waals surface area contributed by atoms with Gasteiger partial charge in [0.2, 0.25) is 5.91 Å². The van der Waals surface area contributed by atoms with E-state index in [1.807, 2.05) is 30.0 Å². The van der Waals surface area contributed by atoms with Crippen LogP contribution >= 0.6 is 0 Å². The van der Waals surface area contributed by atoms with E-state index < -0.39 is 11.6 Å². The van der Waals surface area contributed by atoms with E-state index >= 15 is 0 Å². The second kappa shape index (κ2) is 8.23. The van der Waals surface area contributed by atoms with Crippen molar-refractivity contribution in [1.82, 2.24) is 15.2 Å². The van der Waals surface area contributed by atoms with Crippen molar-refractivity contribution in [3.05, 3.63) is 59.8 Å². The maximum atomic E-state index is 13.3. The number of benzene rings is 1. The summed E-state index contributed by atoms with van der Waals surface area (Å²) in [5, 5.41) is 3.08. The van der Waals surface area contributed by atoms with Gasteiger partial charge in [-0.1, -0.05) is 12.1 Å². The van der Waals surface area contributed by atoms with E-state index in [1.54, 1.807) is 6.20 Å². The lowest BCUT2D eigenvalue weighted by atomic mass is 10.1. The van der Waals surface area contributed by atoms with Gasteiger partial charge in [0, 0.05) is 38.4 Å². The molecule has 1 aliphatic rings. The number of hydrogen-bond donors (Lipinski definition) is 1. The van der Waals surface area contributed by atoms with Crippen molar-refractivity contribution in [2.75, 3.05) is 37.6 Å². The van der Waals surface area contributed by atoms with Crippen molar-refractivity contribution >= 4 is 11.7 Å². The average Bonchev–Trinajstić information content (AvgIpc) is 2.68. The van der Waals surface area contributed by atoms with Gasteiger partial charge in [-0.2, -0.15) is 0 Å². The zero-order valence-electron chi connectivity index (χ0n) is 14.7. The largest absolute Gasteiger partial charge is 0.353 e. The molecule has 1 atom stereocenters. The van der Waals surface area contributed by atoms with Crippen molar-refractivity contribution in [1.29, 1.82) is 0 Å². The zero-order chi connectivity index (χ0) is 18.5. The zero-order valence-corrected chi connectivity index (χ0v) is 14.7. The number of carbonyl (C=O) groups excluding carboxylic acids is 1. The number of aromatic nitrogens is 1. The monoisotopic (exact) mass is 360 g/mol. The van der Waals surface area contributed by atoms with Crippen molar-refractivity contribution in [3.8, 4) is 0 Å². The molecule has 138 valence electrons. The number of nitrogens with zero attached hydrogens (tertiary/aromatic N) is 3. The first-order chi connectivity index (χ1) is 12.5. The summed E-state index contributed by atoms with van der Waals surface area (Å²) in [5.74, 6) is -0.833. The molecule has 7 heteroatoms. The standard InChI is InChI=1S/C19H22F2N4O/c1-14(15-5-6-16(20)17(21)12-15)23-13-19(26)25-10-8-24(9-11-25)18-4-2-3-7-22-18/h2-7,12,14,23H,8-11,13H2,1H3/t14-/m0/s1. The summed E-state index contributed by atoms with van der Waals surface area (Å²) >= 11 is 0. The van der Waals surface area contributed by atoms with Gasteiger partial charge in [0.1, 0.15) is 5.82 Å². The van der Waals surface area contributed by atoms with Gasteiger partial charge >= 0.3 is 0 Å². The molecule has 0 saturated carbocycles. The van der Waals surface area contributed by atoms with Crippen LogP contribution in [0.4, 0.5) is 14.6 Å². The molecule has 1 fully saturated rings. The van der Waals surface area contributed by atoms with Crippen molar-refractivity contribution in [2.45, 2.75) is 13.0 Å². The minimum absolute atomic E-state index is 0.0000967. The number of pyridine rings is 1. The van der Waals surface area contributed by atoms with Gasteiger partial charge in [-0.05, 0) is 36.8 Å². The molecule has 1 aliphatic heterocycles. The fourth-order valence-electron chi connectivity index (χ4n) is 2.98. The highest BCUT2D eigenvalue weighted by atomic mass is 19.2. The number of amides is 1. The van der Waals surface area contributed by atoms with E-state index in [0.29, 0.717) is 18.7 Å². The number of rotatable bonds is 5. The van der Waals surface area contributed by atoms with Crippen LogP contribution < -0.4 is 10.2 Å². The second-order valence-electron chi connectivity index (χ2n) is 6.33. The normalized spacial score (nSPS) is 15.8. The van der Waals surface area contributed by atoms with E-state index in [-0.39, 0.29) is 18.5 Å². The molecule has 0 bridgehead atoms. The first-order valence-corrected chi connectivity index (χ1v) is 8.66. The Kier molecular flexibility index (Phi) is 5.78. The Morgan fingerprint density at radius 1 is 1.15 bits per heavy atom. The Morgan fingerprint density at radius 3 is 2.58 bits per heavy atom. The van der Waals surface area contributed by atoms with Crippen LogP contribution in [0.3, 0.4) is 0 Å². The molecule has 5 nitrogen and oxygen atoms in total. The first-order valence-electron chi connectivity index (χ1n) is 8.66. The Labute approximate surface area is 151 Å². The van der Waals surface area contributed by atoms with Crippen molar-refractivity contribution in [3.63, 3.8) is 0 Å². The Morgan fingerprint density at radius 2 is 1.92 bits per heavy atom. The van der Waals surface area contributed by atoms with Gasteiger partial charge in [0.15, 0.2) is 11.6 Å². The molecule has 0 aliphatic carbocycles. The van der Waals surface area contributed by atoms with Crippen LogP contribution in [0.5, 0.6) is 0 Å². The van der Waals surface area contributed by atoms with Crippen LogP contribution in [0.2, 0.25) is 0 Å². The highest BCUT2D eigenvalue weighted by Crippen LogP contribution is 2.16. The Bertz CT molecular complexity index is 748. The summed E-state index contributed by atoms with van der Waals surface area (Å²) in [7, 11) is 0. The van der Waals surface area contributed by atoms with Crippen molar-refractivity contribution < 1.29 is 13.6 Å². The third kappa shape index (κ3) is 4.35. The molecule has 3 rings (SSSR count). The summed E-state index contributed by atoms with van der Waals surface area (Å²) in [6, 6.07) is 9.31. The number of anilines is 1. The second-order valence-corrected chi connectivity index (χ2v) is 6.33. The van der Waals surface area contributed by atoms with Gasteiger partial charge in [0.05, 0.1) is 6.54 Å². The summed E-state index contributed by atoms with van der Waals surface area (Å²) < 4.78 is 26.3. The van der Waals surface area contributed by atoms with Crippen LogP contribution in [0.15, 0.2) is 42.6 Å². The molecule has 26 heavy (non-hydrogen) atoms. The maximum absolute atomic E-state index is 13.3. The third-order valence-electron chi connectivity index (χ3n) is 4.61. The Hall–Kier alpha value is -2.54. The third-order valence-corrected chi connectivity index (χ3v) is 4.61. The molecular weight excluding hydrogens is 338 g/mol. The fraction of sp³-hybridized carbons (Fsp3) is 0.368. The van der Waals surface area contributed by atoms with Crippen LogP contribution in [0, 0.1) is 11.6 Å². The molecule has 1 amide bonds. The lowest BCUT2D eigenvalue weighted by Gasteiger charge is -2.35. The van der Waals surface area contributed by atoms with Gasteiger partial charge in [-0.3, -0.25) is 4.79 Å². The van der Waals surface area contributed by atoms with E-state index in [1.165, 1.54) is 6.07 Å². The minimum Gasteiger partial charge on any atom is -0.353 e. The molecule has 2 aromatic rings. The van der Waals surface area contributed by atoms with E-state index in [0.717, 1.165) is 31.0 Å². The van der Waals surface area contributed by atoms with Crippen LogP contribution in [-0.2, 0) is 4.79 Å². The van der Waals surface area contributed by atoms with Crippen LogP contribution in [-0.4, -0.2) is 48.5 Å². The maximum Gasteiger partial charge on any atom is 0.236 e. The molecule has 2 heterocycles. The van der Waals surface area contributed by atoms with Crippen LogP contribution in [0.25, 0.3) is 0 Å². The Balaban J connectivity index is 1.47. The molecule has 0 unspecified atom stereocenters. The molecular formula is C19H22F2N4O. The predicted octanol–water partition coefficient (Wildman–Crippen LogP) is 2.36. The van der Waals surface area contributed by atoms with Gasteiger partial charge < -0.3 is 15.1 Å². The van der Waals surface area contributed by atoms with E-state index in [2.05, 4.69) is 15.2 Å². The topological polar surface area (TPSA) is 48.5 Å². The lowest BCUT2D eigenvalue weighted by molar-refractivity contribution is -0.130. The van der Waals surface area contributed by atoms with Crippen molar-refractivity contribution in [2.24, 2.45) is 0 Å². The smallest absolute Gasteiger partial charge is 0.236 e. The first kappa shape index (κ1) is 18.3. The molecule has 1 aromatic carbocycles.